The van der Waals surface area contributed by atoms with E-state index in [1.54, 1.807) is 13.2 Å². The molecule has 5 heteroatoms. The predicted octanol–water partition coefficient (Wildman–Crippen LogP) is 3.82. The predicted molar refractivity (Wildman–Crippen MR) is 74.7 cm³/mol. The van der Waals surface area contributed by atoms with Gasteiger partial charge in [0, 0.05) is 11.6 Å². The molecule has 0 amide bonds. The maximum absolute atomic E-state index is 5.56. The first kappa shape index (κ1) is 13.0. The number of hydrogen-bond donors (Lipinski definition) is 1. The van der Waals surface area contributed by atoms with Gasteiger partial charge in [0.2, 0.25) is 5.88 Å². The third-order valence-electron chi connectivity index (χ3n) is 2.75. The molecule has 0 saturated heterocycles. The van der Waals surface area contributed by atoms with Crippen LogP contribution in [0, 0.1) is 0 Å². The molecule has 2 N–H and O–H groups in total. The molecule has 0 atom stereocenters. The van der Waals surface area contributed by atoms with Crippen molar-refractivity contribution in [3.05, 3.63) is 28.2 Å². The molecule has 2 rings (SSSR count). The maximum atomic E-state index is 5.56. The van der Waals surface area contributed by atoms with Gasteiger partial charge in [0.05, 0.1) is 11.6 Å². The van der Waals surface area contributed by atoms with Gasteiger partial charge in [-0.2, -0.15) is 0 Å². The second-order valence-electron chi connectivity index (χ2n) is 4.35. The van der Waals surface area contributed by atoms with Gasteiger partial charge in [0.15, 0.2) is 0 Å². The van der Waals surface area contributed by atoms with Crippen molar-refractivity contribution in [3.63, 3.8) is 0 Å². The number of hydrogen-bond acceptors (Lipinski definition) is 4. The highest BCUT2D eigenvalue weighted by molar-refractivity contribution is 9.10. The average molecular weight is 311 g/mol. The minimum Gasteiger partial charge on any atom is -0.496 e. The van der Waals surface area contributed by atoms with Crippen LogP contribution >= 0.6 is 15.9 Å². The summed E-state index contributed by atoms with van der Waals surface area (Å²) in [7, 11) is 1.64. The van der Waals surface area contributed by atoms with Crippen LogP contribution in [-0.2, 0) is 0 Å². The van der Waals surface area contributed by atoms with Crippen LogP contribution in [0.15, 0.2) is 27.2 Å². The van der Waals surface area contributed by atoms with E-state index in [-0.39, 0.29) is 0 Å². The normalized spacial score (nSPS) is 10.9. The summed E-state index contributed by atoms with van der Waals surface area (Å²) in [6.45, 7) is 4.26. The van der Waals surface area contributed by atoms with E-state index < -0.39 is 0 Å². The van der Waals surface area contributed by atoms with Crippen molar-refractivity contribution in [2.24, 2.45) is 0 Å². The van der Waals surface area contributed by atoms with Crippen LogP contribution < -0.4 is 10.5 Å². The molecule has 2 aromatic rings. The Kier molecular flexibility index (Phi) is 3.61. The van der Waals surface area contributed by atoms with Crippen molar-refractivity contribution < 1.29 is 9.26 Å². The molecule has 1 aromatic carbocycles. The first-order chi connectivity index (χ1) is 8.52. The van der Waals surface area contributed by atoms with Crippen molar-refractivity contribution in [3.8, 4) is 17.0 Å². The van der Waals surface area contributed by atoms with Crippen LogP contribution in [0.5, 0.6) is 5.75 Å². The van der Waals surface area contributed by atoms with Gasteiger partial charge in [0.1, 0.15) is 11.4 Å². The molecule has 0 aliphatic heterocycles. The fraction of sp³-hybridized carbons (Fsp3) is 0.308. The van der Waals surface area contributed by atoms with Gasteiger partial charge in [-0.1, -0.05) is 19.0 Å². The van der Waals surface area contributed by atoms with E-state index in [0.717, 1.165) is 15.8 Å². The molecular formula is C13H15BrN2O2. The molecule has 0 aliphatic rings. The van der Waals surface area contributed by atoms with Gasteiger partial charge in [-0.05, 0) is 39.5 Å². The molecule has 96 valence electrons. The number of halogens is 1. The van der Waals surface area contributed by atoms with Crippen molar-refractivity contribution in [1.29, 1.82) is 0 Å². The fourth-order valence-electron chi connectivity index (χ4n) is 1.70. The first-order valence-electron chi connectivity index (χ1n) is 5.63. The molecule has 1 aromatic heterocycles. The van der Waals surface area contributed by atoms with E-state index in [1.165, 1.54) is 5.56 Å². The van der Waals surface area contributed by atoms with Gasteiger partial charge >= 0.3 is 0 Å². The summed E-state index contributed by atoms with van der Waals surface area (Å²) >= 11 is 3.52. The molecule has 4 nitrogen and oxygen atoms in total. The largest absolute Gasteiger partial charge is 0.496 e. The lowest BCUT2D eigenvalue weighted by Crippen LogP contribution is -1.94. The number of methoxy groups -OCH3 is 1. The lowest BCUT2D eigenvalue weighted by atomic mass is 9.99. The van der Waals surface area contributed by atoms with E-state index in [4.69, 9.17) is 15.0 Å². The van der Waals surface area contributed by atoms with Gasteiger partial charge in [-0.25, -0.2) is 0 Å². The third-order valence-corrected chi connectivity index (χ3v) is 3.57. The first-order valence-corrected chi connectivity index (χ1v) is 6.42. The smallest absolute Gasteiger partial charge is 0.222 e. The number of aromatic nitrogens is 1. The van der Waals surface area contributed by atoms with Crippen molar-refractivity contribution in [2.45, 2.75) is 19.8 Å². The Labute approximate surface area is 114 Å². The van der Waals surface area contributed by atoms with Crippen molar-refractivity contribution in [2.75, 3.05) is 12.8 Å². The van der Waals surface area contributed by atoms with Crippen LogP contribution in [-0.4, -0.2) is 12.3 Å². The molecule has 0 fully saturated rings. The zero-order valence-electron chi connectivity index (χ0n) is 10.5. The van der Waals surface area contributed by atoms with E-state index >= 15 is 0 Å². The molecule has 0 bridgehead atoms. The summed E-state index contributed by atoms with van der Waals surface area (Å²) in [6.07, 6.45) is 0. The second-order valence-corrected chi connectivity index (χ2v) is 5.15. The van der Waals surface area contributed by atoms with E-state index in [2.05, 4.69) is 41.0 Å². The Morgan fingerprint density at radius 3 is 2.56 bits per heavy atom. The van der Waals surface area contributed by atoms with Gasteiger partial charge in [0.25, 0.3) is 0 Å². The lowest BCUT2D eigenvalue weighted by molar-refractivity contribution is 0.411. The average Bonchev–Trinajstić information content (AvgIpc) is 2.75. The van der Waals surface area contributed by atoms with E-state index in [0.29, 0.717) is 17.5 Å². The Balaban J connectivity index is 2.61. The second kappa shape index (κ2) is 5.02. The third kappa shape index (κ3) is 2.36. The number of benzene rings is 1. The van der Waals surface area contributed by atoms with Crippen LogP contribution in [0.4, 0.5) is 5.88 Å². The number of nitrogens with zero attached hydrogens (tertiary/aromatic N) is 1. The Morgan fingerprint density at radius 2 is 2.06 bits per heavy atom. The summed E-state index contributed by atoms with van der Waals surface area (Å²) in [6, 6.07) is 5.78. The Bertz CT molecular complexity index is 564. The highest BCUT2D eigenvalue weighted by Crippen LogP contribution is 2.38. The summed E-state index contributed by atoms with van der Waals surface area (Å²) in [4.78, 5) is 0. The highest BCUT2D eigenvalue weighted by Gasteiger charge is 2.15. The van der Waals surface area contributed by atoms with Crippen molar-refractivity contribution in [1.82, 2.24) is 5.16 Å². The number of ether oxygens (including phenoxy) is 1. The summed E-state index contributed by atoms with van der Waals surface area (Å²) in [5.74, 6) is 1.47. The summed E-state index contributed by atoms with van der Waals surface area (Å²) < 4.78 is 11.1. The molecule has 1 heterocycles. The molecule has 0 saturated carbocycles. The van der Waals surface area contributed by atoms with Crippen molar-refractivity contribution >= 4 is 21.8 Å². The molecule has 0 aliphatic carbocycles. The van der Waals surface area contributed by atoms with E-state index in [1.807, 2.05) is 6.07 Å². The highest BCUT2D eigenvalue weighted by atomic mass is 79.9. The zero-order valence-corrected chi connectivity index (χ0v) is 12.1. The Morgan fingerprint density at radius 1 is 1.33 bits per heavy atom. The van der Waals surface area contributed by atoms with Gasteiger partial charge < -0.3 is 15.0 Å². The topological polar surface area (TPSA) is 61.3 Å². The molecular weight excluding hydrogens is 296 g/mol. The fourth-order valence-corrected chi connectivity index (χ4v) is 2.30. The molecule has 0 radical (unpaired) electrons. The minimum absolute atomic E-state index is 0.297. The van der Waals surface area contributed by atoms with Crippen LogP contribution in [0.3, 0.4) is 0 Å². The minimum atomic E-state index is 0.297. The van der Waals surface area contributed by atoms with Gasteiger partial charge in [-0.3, -0.25) is 0 Å². The van der Waals surface area contributed by atoms with Crippen LogP contribution in [0.25, 0.3) is 11.3 Å². The molecule has 0 unspecified atom stereocenters. The SMILES string of the molecule is COc1cc(C(C)C)cc(-c2cc(N)on2)c1Br. The summed E-state index contributed by atoms with van der Waals surface area (Å²) in [5, 5.41) is 3.94. The number of anilines is 1. The number of nitrogens with two attached hydrogens (primary N) is 1. The number of nitrogen functional groups attached to an aromatic ring is 1. The van der Waals surface area contributed by atoms with Crippen LogP contribution in [0.2, 0.25) is 0 Å². The number of rotatable bonds is 3. The Hall–Kier alpha value is -1.49. The summed E-state index contributed by atoms with van der Waals surface area (Å²) in [5.41, 5.74) is 8.34. The quantitative estimate of drug-likeness (QED) is 0.936. The lowest BCUT2D eigenvalue weighted by Gasteiger charge is -2.13. The standard InChI is InChI=1S/C13H15BrN2O2/c1-7(2)8-4-9(10-6-12(15)18-16-10)13(14)11(5-8)17-3/h4-7H,15H2,1-3H3. The monoisotopic (exact) mass is 310 g/mol. The van der Waals surface area contributed by atoms with E-state index in [9.17, 15) is 0 Å². The van der Waals surface area contributed by atoms with Gasteiger partial charge in [-0.15, -0.1) is 0 Å². The molecule has 18 heavy (non-hydrogen) atoms. The molecule has 0 spiro atoms. The maximum Gasteiger partial charge on any atom is 0.222 e. The van der Waals surface area contributed by atoms with Crippen LogP contribution in [0.1, 0.15) is 25.3 Å². The zero-order chi connectivity index (χ0) is 13.3.